The fourth-order valence-electron chi connectivity index (χ4n) is 0.812. The molecule has 1 saturated heterocycles. The van der Waals surface area contributed by atoms with Gasteiger partial charge in [-0.05, 0) is 6.54 Å². The zero-order valence-electron chi connectivity index (χ0n) is 4.71. The molecule has 0 aromatic heterocycles. The van der Waals surface area contributed by atoms with Crippen molar-refractivity contribution in [3.05, 3.63) is 0 Å². The Morgan fingerprint density at radius 1 is 1.62 bits per heavy atom. The fourth-order valence-corrected chi connectivity index (χ4v) is 0.812. The van der Waals surface area contributed by atoms with Gasteiger partial charge in [-0.2, -0.15) is 0 Å². The van der Waals surface area contributed by atoms with Crippen LogP contribution in [-0.2, 0) is 4.74 Å². The Hall–Kier alpha value is -0.120. The van der Waals surface area contributed by atoms with Crippen molar-refractivity contribution in [3.8, 4) is 0 Å². The lowest BCUT2D eigenvalue weighted by Crippen LogP contribution is -2.25. The summed E-state index contributed by atoms with van der Waals surface area (Å²) in [6.07, 6.45) is -0.319. The van der Waals surface area contributed by atoms with Crippen molar-refractivity contribution in [2.24, 2.45) is 11.7 Å². The first kappa shape index (κ1) is 6.01. The van der Waals surface area contributed by atoms with Crippen LogP contribution in [0.2, 0.25) is 0 Å². The van der Waals surface area contributed by atoms with E-state index >= 15 is 0 Å². The number of hydrogen-bond acceptors (Lipinski definition) is 3. The molecule has 1 aliphatic heterocycles. The number of hydrogen-bond donors (Lipinski definition) is 2. The molecule has 1 aliphatic rings. The molecule has 0 saturated carbocycles. The van der Waals surface area contributed by atoms with E-state index in [0.29, 0.717) is 19.8 Å². The molecule has 0 aliphatic carbocycles. The number of ether oxygens (including phenoxy) is 1. The van der Waals surface area contributed by atoms with Crippen molar-refractivity contribution in [2.75, 3.05) is 19.8 Å². The third-order valence-electron chi connectivity index (χ3n) is 1.47. The summed E-state index contributed by atoms with van der Waals surface area (Å²) in [5, 5.41) is 8.98. The molecule has 2 atom stereocenters. The summed E-state index contributed by atoms with van der Waals surface area (Å²) < 4.78 is 4.93. The maximum atomic E-state index is 8.98. The lowest BCUT2D eigenvalue weighted by atomic mass is 10.1. The summed E-state index contributed by atoms with van der Waals surface area (Å²) in [7, 11) is 0. The van der Waals surface area contributed by atoms with Crippen molar-refractivity contribution in [1.82, 2.24) is 0 Å². The molecule has 0 unspecified atom stereocenters. The molecule has 8 heavy (non-hydrogen) atoms. The predicted octanol–water partition coefficient (Wildman–Crippen LogP) is -1.05. The SMILES string of the molecule is NC[C@@H]1COC[C@@H]1O. The van der Waals surface area contributed by atoms with Gasteiger partial charge in [-0.3, -0.25) is 0 Å². The minimum Gasteiger partial charge on any atom is -0.390 e. The second-order valence-electron chi connectivity index (χ2n) is 2.10. The van der Waals surface area contributed by atoms with Gasteiger partial charge in [-0.15, -0.1) is 0 Å². The summed E-state index contributed by atoms with van der Waals surface area (Å²) >= 11 is 0. The smallest absolute Gasteiger partial charge is 0.0835 e. The van der Waals surface area contributed by atoms with Crippen LogP contribution in [0.25, 0.3) is 0 Å². The summed E-state index contributed by atoms with van der Waals surface area (Å²) in [4.78, 5) is 0. The minimum absolute atomic E-state index is 0.176. The van der Waals surface area contributed by atoms with Gasteiger partial charge < -0.3 is 15.6 Å². The molecule has 0 radical (unpaired) electrons. The van der Waals surface area contributed by atoms with Gasteiger partial charge in [-0.25, -0.2) is 0 Å². The number of aliphatic hydroxyl groups is 1. The van der Waals surface area contributed by atoms with E-state index in [1.807, 2.05) is 0 Å². The Bertz CT molecular complexity index is 76.8. The molecule has 0 aromatic carbocycles. The standard InChI is InChI=1S/C5H11NO2/c6-1-4-2-8-3-5(4)7/h4-5,7H,1-3,6H2/t4-,5+/m1/s1. The molecule has 1 fully saturated rings. The van der Waals surface area contributed by atoms with Crippen LogP contribution in [0.1, 0.15) is 0 Å². The second kappa shape index (κ2) is 2.44. The van der Waals surface area contributed by atoms with Crippen LogP contribution in [-0.4, -0.2) is 31.0 Å². The molecule has 0 bridgehead atoms. The van der Waals surface area contributed by atoms with E-state index in [1.54, 1.807) is 0 Å². The van der Waals surface area contributed by atoms with Crippen LogP contribution in [0, 0.1) is 5.92 Å². The Kier molecular flexibility index (Phi) is 1.83. The Morgan fingerprint density at radius 2 is 2.38 bits per heavy atom. The van der Waals surface area contributed by atoms with E-state index in [2.05, 4.69) is 0 Å². The van der Waals surface area contributed by atoms with Crippen LogP contribution >= 0.6 is 0 Å². The van der Waals surface area contributed by atoms with E-state index in [9.17, 15) is 0 Å². The maximum Gasteiger partial charge on any atom is 0.0835 e. The van der Waals surface area contributed by atoms with Gasteiger partial charge in [0.1, 0.15) is 0 Å². The van der Waals surface area contributed by atoms with E-state index in [-0.39, 0.29) is 12.0 Å². The van der Waals surface area contributed by atoms with Crippen molar-refractivity contribution >= 4 is 0 Å². The molecule has 3 heteroatoms. The first-order chi connectivity index (χ1) is 3.84. The molecule has 0 aromatic rings. The van der Waals surface area contributed by atoms with Gasteiger partial charge >= 0.3 is 0 Å². The first-order valence-electron chi connectivity index (χ1n) is 2.80. The van der Waals surface area contributed by atoms with Crippen molar-refractivity contribution in [1.29, 1.82) is 0 Å². The van der Waals surface area contributed by atoms with E-state index in [1.165, 1.54) is 0 Å². The molecule has 3 N–H and O–H groups in total. The predicted molar refractivity (Wildman–Crippen MR) is 29.4 cm³/mol. The van der Waals surface area contributed by atoms with Gasteiger partial charge in [0, 0.05) is 5.92 Å². The monoisotopic (exact) mass is 117 g/mol. The maximum absolute atomic E-state index is 8.98. The van der Waals surface area contributed by atoms with Crippen LogP contribution in [0.15, 0.2) is 0 Å². The molecular formula is C5H11NO2. The zero-order valence-corrected chi connectivity index (χ0v) is 4.71. The molecule has 3 nitrogen and oxygen atoms in total. The average molecular weight is 117 g/mol. The molecule has 48 valence electrons. The highest BCUT2D eigenvalue weighted by Crippen LogP contribution is 2.10. The third kappa shape index (κ3) is 0.992. The third-order valence-corrected chi connectivity index (χ3v) is 1.47. The van der Waals surface area contributed by atoms with Crippen LogP contribution in [0.5, 0.6) is 0 Å². The normalized spacial score (nSPS) is 38.2. The first-order valence-corrected chi connectivity index (χ1v) is 2.80. The zero-order chi connectivity index (χ0) is 5.98. The Labute approximate surface area is 48.4 Å². The number of aliphatic hydroxyl groups excluding tert-OH is 1. The Morgan fingerprint density at radius 3 is 2.62 bits per heavy atom. The van der Waals surface area contributed by atoms with Gasteiger partial charge in [0.15, 0.2) is 0 Å². The largest absolute Gasteiger partial charge is 0.390 e. The molecule has 1 heterocycles. The summed E-state index contributed by atoms with van der Waals surface area (Å²) in [6.45, 7) is 1.61. The summed E-state index contributed by atoms with van der Waals surface area (Å²) in [6, 6.07) is 0. The molecule has 0 spiro atoms. The van der Waals surface area contributed by atoms with Gasteiger partial charge in [0.2, 0.25) is 0 Å². The van der Waals surface area contributed by atoms with Gasteiger partial charge in [-0.1, -0.05) is 0 Å². The lowest BCUT2D eigenvalue weighted by molar-refractivity contribution is 0.119. The highest BCUT2D eigenvalue weighted by Gasteiger charge is 2.23. The highest BCUT2D eigenvalue weighted by molar-refractivity contribution is 4.73. The molecule has 0 amide bonds. The van der Waals surface area contributed by atoms with Crippen LogP contribution in [0.4, 0.5) is 0 Å². The van der Waals surface area contributed by atoms with Gasteiger partial charge in [0.05, 0.1) is 19.3 Å². The summed E-state index contributed by atoms with van der Waals surface area (Å²) in [5.41, 5.74) is 5.28. The second-order valence-corrected chi connectivity index (χ2v) is 2.10. The fraction of sp³-hybridized carbons (Fsp3) is 1.00. The van der Waals surface area contributed by atoms with Crippen molar-refractivity contribution < 1.29 is 9.84 Å². The van der Waals surface area contributed by atoms with Crippen molar-refractivity contribution in [3.63, 3.8) is 0 Å². The highest BCUT2D eigenvalue weighted by atomic mass is 16.5. The van der Waals surface area contributed by atoms with Crippen LogP contribution in [0.3, 0.4) is 0 Å². The van der Waals surface area contributed by atoms with Crippen LogP contribution < -0.4 is 5.73 Å². The quantitative estimate of drug-likeness (QED) is 0.461. The summed E-state index contributed by atoms with van der Waals surface area (Å²) in [5.74, 6) is 0.176. The minimum atomic E-state index is -0.319. The van der Waals surface area contributed by atoms with Gasteiger partial charge in [0.25, 0.3) is 0 Å². The van der Waals surface area contributed by atoms with E-state index in [4.69, 9.17) is 15.6 Å². The Balaban J connectivity index is 2.30. The number of rotatable bonds is 1. The topological polar surface area (TPSA) is 55.5 Å². The van der Waals surface area contributed by atoms with E-state index in [0.717, 1.165) is 0 Å². The molecular weight excluding hydrogens is 106 g/mol. The van der Waals surface area contributed by atoms with Crippen molar-refractivity contribution in [2.45, 2.75) is 6.10 Å². The van der Waals surface area contributed by atoms with E-state index < -0.39 is 0 Å². The average Bonchev–Trinajstić information content (AvgIpc) is 2.14. The molecule has 1 rings (SSSR count). The number of nitrogens with two attached hydrogens (primary N) is 1. The lowest BCUT2D eigenvalue weighted by Gasteiger charge is -2.06.